The molecule has 0 aliphatic carbocycles. The van der Waals surface area contributed by atoms with E-state index in [1.165, 1.54) is 12.1 Å². The number of aryl methyl sites for hydroxylation is 1. The van der Waals surface area contributed by atoms with Crippen LogP contribution in [0, 0.1) is 0 Å². The number of aromatic nitrogens is 1. The van der Waals surface area contributed by atoms with Crippen LogP contribution in [-0.4, -0.2) is 10.9 Å². The predicted molar refractivity (Wildman–Crippen MR) is 38.1 cm³/mol. The quantitative estimate of drug-likeness (QED) is 0.531. The average molecular weight is 135 g/mol. The lowest BCUT2D eigenvalue weighted by Crippen LogP contribution is -1.96. The van der Waals surface area contributed by atoms with Crippen LogP contribution in [0.3, 0.4) is 0 Å². The molecule has 0 bridgehead atoms. The number of aldehydes is 1. The van der Waals surface area contributed by atoms with Gasteiger partial charge in [0.15, 0.2) is 6.29 Å². The minimum atomic E-state index is 0.826. The van der Waals surface area contributed by atoms with Gasteiger partial charge in [-0.2, -0.15) is 0 Å². The smallest absolute Gasteiger partial charge is 0.166 e. The van der Waals surface area contributed by atoms with E-state index in [-0.39, 0.29) is 0 Å². The zero-order chi connectivity index (χ0) is 6.97. The van der Waals surface area contributed by atoms with E-state index < -0.39 is 0 Å². The highest BCUT2D eigenvalue weighted by atomic mass is 16.1. The first kappa shape index (κ1) is 5.71. The maximum absolute atomic E-state index is 10.4. The van der Waals surface area contributed by atoms with E-state index in [1.54, 1.807) is 0 Å². The molecule has 0 saturated carbocycles. The molecule has 2 heterocycles. The molecule has 0 unspecified atom stereocenters. The van der Waals surface area contributed by atoms with Gasteiger partial charge in [0.25, 0.3) is 0 Å². The number of hydrogen-bond donors (Lipinski definition) is 0. The normalized spacial score (nSPS) is 15.2. The van der Waals surface area contributed by atoms with Crippen molar-refractivity contribution in [3.63, 3.8) is 0 Å². The van der Waals surface area contributed by atoms with Crippen LogP contribution in [0.25, 0.3) is 0 Å². The summed E-state index contributed by atoms with van der Waals surface area (Å²) in [4.78, 5) is 10.4. The lowest BCUT2D eigenvalue weighted by atomic mass is 10.3. The molecule has 10 heavy (non-hydrogen) atoms. The number of carbonyl (C=O) groups is 1. The van der Waals surface area contributed by atoms with Crippen molar-refractivity contribution in [1.29, 1.82) is 0 Å². The fourth-order valence-corrected chi connectivity index (χ4v) is 1.54. The lowest BCUT2D eigenvalue weighted by molar-refractivity contribution is 0.111. The van der Waals surface area contributed by atoms with Crippen LogP contribution >= 0.6 is 0 Å². The van der Waals surface area contributed by atoms with Gasteiger partial charge in [-0.15, -0.1) is 0 Å². The topological polar surface area (TPSA) is 22.0 Å². The molecule has 1 aliphatic rings. The van der Waals surface area contributed by atoms with Crippen LogP contribution in [0.4, 0.5) is 0 Å². The van der Waals surface area contributed by atoms with E-state index in [9.17, 15) is 4.79 Å². The fraction of sp³-hybridized carbons (Fsp3) is 0.375. The molecule has 0 N–H and O–H groups in total. The van der Waals surface area contributed by atoms with Gasteiger partial charge in [-0.25, -0.2) is 0 Å². The van der Waals surface area contributed by atoms with Gasteiger partial charge in [0.05, 0.1) is 5.69 Å². The molecule has 2 nitrogen and oxygen atoms in total. The molecule has 0 saturated heterocycles. The Morgan fingerprint density at radius 2 is 2.40 bits per heavy atom. The van der Waals surface area contributed by atoms with Gasteiger partial charge in [-0.1, -0.05) is 0 Å². The minimum absolute atomic E-state index is 0.826. The third-order valence-electron chi connectivity index (χ3n) is 2.04. The summed E-state index contributed by atoms with van der Waals surface area (Å²) in [5.41, 5.74) is 2.13. The van der Waals surface area contributed by atoms with Gasteiger partial charge in [0.2, 0.25) is 0 Å². The first-order valence-electron chi connectivity index (χ1n) is 3.55. The van der Waals surface area contributed by atoms with Gasteiger partial charge in [0, 0.05) is 12.2 Å². The molecule has 0 aromatic carbocycles. The first-order valence-corrected chi connectivity index (χ1v) is 3.55. The van der Waals surface area contributed by atoms with Crippen LogP contribution in [-0.2, 0) is 13.0 Å². The minimum Gasteiger partial charge on any atom is -0.342 e. The zero-order valence-electron chi connectivity index (χ0n) is 5.71. The molecule has 2 heteroatoms. The summed E-state index contributed by atoms with van der Waals surface area (Å²) in [6, 6.07) is 3.93. The fourth-order valence-electron chi connectivity index (χ4n) is 1.54. The summed E-state index contributed by atoms with van der Waals surface area (Å²) in [6.45, 7) is 1.02. The van der Waals surface area contributed by atoms with E-state index in [1.807, 2.05) is 12.1 Å². The molecular formula is C8H9NO. The van der Waals surface area contributed by atoms with E-state index in [0.29, 0.717) is 0 Å². The number of hydrogen-bond acceptors (Lipinski definition) is 1. The maximum atomic E-state index is 10.4. The van der Waals surface area contributed by atoms with Crippen molar-refractivity contribution in [3.05, 3.63) is 23.5 Å². The Hall–Kier alpha value is -1.05. The van der Waals surface area contributed by atoms with Crippen molar-refractivity contribution in [2.75, 3.05) is 0 Å². The monoisotopic (exact) mass is 135 g/mol. The van der Waals surface area contributed by atoms with Crippen molar-refractivity contribution >= 4 is 6.29 Å². The SMILES string of the molecule is O=Cc1ccc2n1CCC2. The van der Waals surface area contributed by atoms with Crippen LogP contribution < -0.4 is 0 Å². The number of nitrogens with zero attached hydrogens (tertiary/aromatic N) is 1. The summed E-state index contributed by atoms with van der Waals surface area (Å²) >= 11 is 0. The Labute approximate surface area is 59.5 Å². The van der Waals surface area contributed by atoms with Gasteiger partial charge >= 0.3 is 0 Å². The van der Waals surface area contributed by atoms with Crippen molar-refractivity contribution in [2.45, 2.75) is 19.4 Å². The molecule has 0 atom stereocenters. The van der Waals surface area contributed by atoms with Gasteiger partial charge in [-0.3, -0.25) is 4.79 Å². The predicted octanol–water partition coefficient (Wildman–Crippen LogP) is 1.25. The summed E-state index contributed by atoms with van der Waals surface area (Å²) in [6.07, 6.45) is 3.25. The molecule has 0 fully saturated rings. The average Bonchev–Trinajstić information content (AvgIpc) is 2.44. The number of carbonyl (C=O) groups excluding carboxylic acids is 1. The van der Waals surface area contributed by atoms with Gasteiger partial charge in [0.1, 0.15) is 0 Å². The zero-order valence-corrected chi connectivity index (χ0v) is 5.71. The van der Waals surface area contributed by atoms with Crippen molar-refractivity contribution in [3.8, 4) is 0 Å². The largest absolute Gasteiger partial charge is 0.342 e. The highest BCUT2D eigenvalue weighted by molar-refractivity contribution is 5.72. The molecule has 1 aromatic heterocycles. The number of rotatable bonds is 1. The summed E-state index contributed by atoms with van der Waals surface area (Å²) in [7, 11) is 0. The standard InChI is InChI=1S/C8H9NO/c10-6-8-4-3-7-2-1-5-9(7)8/h3-4,6H,1-2,5H2. The molecule has 2 rings (SSSR count). The van der Waals surface area contributed by atoms with Gasteiger partial charge < -0.3 is 4.57 Å². The third-order valence-corrected chi connectivity index (χ3v) is 2.04. The van der Waals surface area contributed by atoms with E-state index in [4.69, 9.17) is 0 Å². The molecule has 1 aliphatic heterocycles. The van der Waals surface area contributed by atoms with Crippen LogP contribution in [0.1, 0.15) is 22.6 Å². The lowest BCUT2D eigenvalue weighted by Gasteiger charge is -1.96. The highest BCUT2D eigenvalue weighted by Crippen LogP contribution is 2.17. The third kappa shape index (κ3) is 0.618. The van der Waals surface area contributed by atoms with Crippen LogP contribution in [0.15, 0.2) is 12.1 Å². The van der Waals surface area contributed by atoms with E-state index in [0.717, 1.165) is 24.9 Å². The Balaban J connectivity index is 2.53. The van der Waals surface area contributed by atoms with Crippen LogP contribution in [0.5, 0.6) is 0 Å². The van der Waals surface area contributed by atoms with Crippen molar-refractivity contribution < 1.29 is 4.79 Å². The summed E-state index contributed by atoms with van der Waals surface area (Å²) < 4.78 is 2.09. The van der Waals surface area contributed by atoms with Crippen LogP contribution in [0.2, 0.25) is 0 Å². The van der Waals surface area contributed by atoms with E-state index >= 15 is 0 Å². The highest BCUT2D eigenvalue weighted by Gasteiger charge is 2.12. The molecule has 0 amide bonds. The van der Waals surface area contributed by atoms with E-state index in [2.05, 4.69) is 4.57 Å². The molecule has 52 valence electrons. The molecule has 0 radical (unpaired) electrons. The maximum Gasteiger partial charge on any atom is 0.166 e. The Kier molecular flexibility index (Phi) is 1.13. The van der Waals surface area contributed by atoms with Crippen molar-refractivity contribution in [2.24, 2.45) is 0 Å². The number of fused-ring (bicyclic) bond motifs is 1. The molecule has 1 aromatic rings. The Morgan fingerprint density at radius 3 is 3.20 bits per heavy atom. The second-order valence-corrected chi connectivity index (χ2v) is 2.62. The summed E-state index contributed by atoms with van der Waals surface area (Å²) in [5, 5.41) is 0. The Morgan fingerprint density at radius 1 is 1.50 bits per heavy atom. The molecule has 0 spiro atoms. The molecular weight excluding hydrogens is 126 g/mol. The second-order valence-electron chi connectivity index (χ2n) is 2.62. The van der Waals surface area contributed by atoms with Gasteiger partial charge in [-0.05, 0) is 25.0 Å². The van der Waals surface area contributed by atoms with Crippen molar-refractivity contribution in [1.82, 2.24) is 4.57 Å². The summed E-state index contributed by atoms with van der Waals surface area (Å²) in [5.74, 6) is 0. The second kappa shape index (κ2) is 1.97. The Bertz CT molecular complexity index is 262. The first-order chi connectivity index (χ1) is 4.92.